The number of likely N-dealkylation sites (N-methyl/N-ethyl adjacent to an activating group) is 1. The predicted molar refractivity (Wildman–Crippen MR) is 78.1 cm³/mol. The summed E-state index contributed by atoms with van der Waals surface area (Å²) in [6, 6.07) is 8.65. The topological polar surface area (TPSA) is 51.0 Å². The van der Waals surface area contributed by atoms with Gasteiger partial charge in [-0.1, -0.05) is 33.2 Å². The summed E-state index contributed by atoms with van der Waals surface area (Å²) in [5.41, 5.74) is 1.27. The second kappa shape index (κ2) is 6.82. The van der Waals surface area contributed by atoms with E-state index >= 15 is 0 Å². The van der Waals surface area contributed by atoms with Crippen LogP contribution in [-0.4, -0.2) is 23.2 Å². The molecule has 0 aliphatic heterocycles. The molecular formula is C14H18BrN3O. The molecule has 0 saturated carbocycles. The Balaban J connectivity index is 1.88. The number of rotatable bonds is 6. The lowest BCUT2D eigenvalue weighted by molar-refractivity contribution is 0.371. The summed E-state index contributed by atoms with van der Waals surface area (Å²) >= 11 is 3.43. The molecule has 5 heteroatoms. The van der Waals surface area contributed by atoms with E-state index in [1.807, 2.05) is 19.2 Å². The van der Waals surface area contributed by atoms with Gasteiger partial charge in [-0.05, 0) is 38.1 Å². The number of hydrogen-bond donors (Lipinski definition) is 1. The number of aromatic nitrogens is 2. The summed E-state index contributed by atoms with van der Waals surface area (Å²) < 4.78 is 6.35. The van der Waals surface area contributed by atoms with Gasteiger partial charge < -0.3 is 9.84 Å². The van der Waals surface area contributed by atoms with E-state index in [0.29, 0.717) is 11.9 Å². The molecule has 0 aliphatic rings. The Hall–Kier alpha value is -1.20. The fourth-order valence-electron chi connectivity index (χ4n) is 1.75. The van der Waals surface area contributed by atoms with Gasteiger partial charge >= 0.3 is 0 Å². The largest absolute Gasteiger partial charge is 0.339 e. The zero-order chi connectivity index (χ0) is 13.7. The summed E-state index contributed by atoms with van der Waals surface area (Å²) in [7, 11) is 1.93. The third-order valence-electron chi connectivity index (χ3n) is 3.03. The zero-order valence-corrected chi connectivity index (χ0v) is 12.8. The molecule has 4 nitrogen and oxygen atoms in total. The Labute approximate surface area is 121 Å². The molecule has 0 amide bonds. The van der Waals surface area contributed by atoms with Crippen LogP contribution in [0.1, 0.15) is 24.2 Å². The first-order valence-electron chi connectivity index (χ1n) is 6.40. The highest BCUT2D eigenvalue weighted by molar-refractivity contribution is 9.10. The molecule has 0 spiro atoms. The minimum Gasteiger partial charge on any atom is -0.339 e. The maximum absolute atomic E-state index is 5.26. The molecule has 1 unspecified atom stereocenters. The van der Waals surface area contributed by atoms with Crippen LogP contribution in [0, 0.1) is 0 Å². The zero-order valence-electron chi connectivity index (χ0n) is 11.2. The fraction of sp³-hybridized carbons (Fsp3) is 0.429. The molecule has 2 rings (SSSR count). The van der Waals surface area contributed by atoms with Crippen molar-refractivity contribution in [2.75, 3.05) is 7.05 Å². The predicted octanol–water partition coefficient (Wildman–Crippen LogP) is 2.77. The minimum atomic E-state index is 0.358. The summed E-state index contributed by atoms with van der Waals surface area (Å²) in [4.78, 5) is 4.40. The van der Waals surface area contributed by atoms with E-state index in [1.54, 1.807) is 0 Å². The number of aryl methyl sites for hydroxylation is 2. The van der Waals surface area contributed by atoms with Gasteiger partial charge in [0, 0.05) is 23.4 Å². The monoisotopic (exact) mass is 323 g/mol. The van der Waals surface area contributed by atoms with Crippen LogP contribution in [-0.2, 0) is 19.3 Å². The molecule has 0 radical (unpaired) electrons. The van der Waals surface area contributed by atoms with Crippen molar-refractivity contribution in [3.05, 3.63) is 46.0 Å². The Bertz CT molecular complexity index is 510. The van der Waals surface area contributed by atoms with Crippen molar-refractivity contribution < 1.29 is 4.52 Å². The van der Waals surface area contributed by atoms with Crippen molar-refractivity contribution in [3.8, 4) is 0 Å². The summed E-state index contributed by atoms with van der Waals surface area (Å²) in [5, 5.41) is 7.16. The quantitative estimate of drug-likeness (QED) is 0.888. The second-order valence-corrected chi connectivity index (χ2v) is 5.54. The number of nitrogens with one attached hydrogen (secondary N) is 1. The molecule has 102 valence electrons. The minimum absolute atomic E-state index is 0.358. The van der Waals surface area contributed by atoms with E-state index in [1.165, 1.54) is 5.56 Å². The summed E-state index contributed by atoms with van der Waals surface area (Å²) in [6.45, 7) is 2.10. The van der Waals surface area contributed by atoms with Gasteiger partial charge in [-0.15, -0.1) is 0 Å². The third kappa shape index (κ3) is 4.44. The maximum Gasteiger partial charge on any atom is 0.226 e. The third-order valence-corrected chi connectivity index (χ3v) is 3.56. The first-order valence-corrected chi connectivity index (χ1v) is 7.20. The van der Waals surface area contributed by atoms with Crippen molar-refractivity contribution in [1.82, 2.24) is 15.5 Å². The van der Waals surface area contributed by atoms with Gasteiger partial charge in [0.25, 0.3) is 0 Å². The van der Waals surface area contributed by atoms with Crippen molar-refractivity contribution in [2.24, 2.45) is 0 Å². The van der Waals surface area contributed by atoms with Crippen LogP contribution in [0.25, 0.3) is 0 Å². The SMILES string of the molecule is CNC(C)Cc1noc(CCc2ccc(Br)cc2)n1. The smallest absolute Gasteiger partial charge is 0.226 e. The fourth-order valence-corrected chi connectivity index (χ4v) is 2.02. The molecule has 1 heterocycles. The van der Waals surface area contributed by atoms with Crippen molar-refractivity contribution >= 4 is 15.9 Å². The van der Waals surface area contributed by atoms with Crippen molar-refractivity contribution in [3.63, 3.8) is 0 Å². The van der Waals surface area contributed by atoms with Crippen molar-refractivity contribution in [1.29, 1.82) is 0 Å². The number of halogens is 1. The first-order chi connectivity index (χ1) is 9.17. The van der Waals surface area contributed by atoms with Gasteiger partial charge in [-0.2, -0.15) is 4.98 Å². The standard InChI is InChI=1S/C14H18BrN3O/c1-10(16-2)9-13-17-14(19-18-13)8-5-11-3-6-12(15)7-4-11/h3-4,6-7,10,16H,5,8-9H2,1-2H3. The molecule has 1 N–H and O–H groups in total. The molecule has 19 heavy (non-hydrogen) atoms. The van der Waals surface area contributed by atoms with E-state index in [-0.39, 0.29) is 0 Å². The summed E-state index contributed by atoms with van der Waals surface area (Å²) in [5.74, 6) is 1.48. The van der Waals surface area contributed by atoms with E-state index in [9.17, 15) is 0 Å². The summed E-state index contributed by atoms with van der Waals surface area (Å²) in [6.07, 6.45) is 2.48. The Kier molecular flexibility index (Phi) is 5.10. The van der Waals surface area contributed by atoms with Crippen LogP contribution in [0.3, 0.4) is 0 Å². The number of hydrogen-bond acceptors (Lipinski definition) is 4. The van der Waals surface area contributed by atoms with E-state index in [4.69, 9.17) is 4.52 Å². The Morgan fingerprint density at radius 2 is 2.00 bits per heavy atom. The lowest BCUT2D eigenvalue weighted by Crippen LogP contribution is -2.24. The molecule has 1 atom stereocenters. The maximum atomic E-state index is 5.26. The van der Waals surface area contributed by atoms with Gasteiger partial charge in [0.2, 0.25) is 5.89 Å². The number of benzene rings is 1. The molecule has 1 aromatic carbocycles. The molecular weight excluding hydrogens is 306 g/mol. The average Bonchev–Trinajstić information content (AvgIpc) is 2.85. The molecule has 0 saturated heterocycles. The van der Waals surface area contributed by atoms with Crippen LogP contribution in [0.5, 0.6) is 0 Å². The van der Waals surface area contributed by atoms with E-state index in [0.717, 1.165) is 29.6 Å². The second-order valence-electron chi connectivity index (χ2n) is 4.62. The average molecular weight is 324 g/mol. The number of nitrogens with zero attached hydrogens (tertiary/aromatic N) is 2. The van der Waals surface area contributed by atoms with E-state index in [2.05, 4.69) is 50.4 Å². The van der Waals surface area contributed by atoms with Gasteiger partial charge in [0.1, 0.15) is 0 Å². The van der Waals surface area contributed by atoms with Crippen LogP contribution >= 0.6 is 15.9 Å². The molecule has 0 bridgehead atoms. The van der Waals surface area contributed by atoms with E-state index < -0.39 is 0 Å². The van der Waals surface area contributed by atoms with Crippen LogP contribution in [0.2, 0.25) is 0 Å². The van der Waals surface area contributed by atoms with Crippen LogP contribution in [0.15, 0.2) is 33.3 Å². The van der Waals surface area contributed by atoms with Crippen molar-refractivity contribution in [2.45, 2.75) is 32.2 Å². The lowest BCUT2D eigenvalue weighted by Gasteiger charge is -2.04. The molecule has 1 aromatic heterocycles. The Morgan fingerprint density at radius 1 is 1.26 bits per heavy atom. The van der Waals surface area contributed by atoms with Crippen LogP contribution in [0.4, 0.5) is 0 Å². The van der Waals surface area contributed by atoms with Gasteiger partial charge in [0.15, 0.2) is 5.82 Å². The highest BCUT2D eigenvalue weighted by atomic mass is 79.9. The molecule has 0 aliphatic carbocycles. The highest BCUT2D eigenvalue weighted by Crippen LogP contribution is 2.12. The first kappa shape index (κ1) is 14.2. The molecule has 0 fully saturated rings. The van der Waals surface area contributed by atoms with Gasteiger partial charge in [0.05, 0.1) is 0 Å². The van der Waals surface area contributed by atoms with Gasteiger partial charge in [-0.25, -0.2) is 0 Å². The lowest BCUT2D eigenvalue weighted by atomic mass is 10.1. The molecule has 2 aromatic rings. The normalized spacial score (nSPS) is 12.6. The highest BCUT2D eigenvalue weighted by Gasteiger charge is 2.09. The Morgan fingerprint density at radius 3 is 2.68 bits per heavy atom. The van der Waals surface area contributed by atoms with Gasteiger partial charge in [-0.3, -0.25) is 0 Å². The van der Waals surface area contributed by atoms with Crippen LogP contribution < -0.4 is 5.32 Å².